The second-order valence-corrected chi connectivity index (χ2v) is 9.86. The van der Waals surface area contributed by atoms with Crippen molar-refractivity contribution in [1.29, 1.82) is 0 Å². The highest BCUT2D eigenvalue weighted by Crippen LogP contribution is 2.20. The molecule has 1 heterocycles. The molecule has 0 bridgehead atoms. The lowest BCUT2D eigenvalue weighted by molar-refractivity contribution is -0.138. The minimum absolute atomic E-state index is 0.0503. The number of carbonyl (C=O) groups excluding carboxylic acids is 4. The van der Waals surface area contributed by atoms with E-state index in [4.69, 9.17) is 11.5 Å². The summed E-state index contributed by atoms with van der Waals surface area (Å²) in [4.78, 5) is 57.4. The molecule has 0 radical (unpaired) electrons. The minimum atomic E-state index is -0.876. The molecule has 3 aromatic rings. The molecule has 11 heteroatoms. The summed E-state index contributed by atoms with van der Waals surface area (Å²) in [6, 6.07) is 20.3. The molecule has 0 saturated carbocycles. The van der Waals surface area contributed by atoms with Gasteiger partial charge in [-0.2, -0.15) is 0 Å². The molecule has 2 atom stereocenters. The molecule has 1 fully saturated rings. The Kier molecular flexibility index (Phi) is 9.87. The van der Waals surface area contributed by atoms with Crippen LogP contribution in [0.5, 0.6) is 0 Å². The van der Waals surface area contributed by atoms with Gasteiger partial charge in [-0.15, -0.1) is 0 Å². The molecule has 0 aliphatic carbocycles. The molecular formula is C30H35N7O4. The number of carbonyl (C=O) groups is 4. The van der Waals surface area contributed by atoms with Gasteiger partial charge < -0.3 is 32.3 Å². The summed E-state index contributed by atoms with van der Waals surface area (Å²) in [5, 5.41) is 10.4. The Bertz CT molecular complexity index is 1420. The zero-order chi connectivity index (χ0) is 29.2. The summed E-state index contributed by atoms with van der Waals surface area (Å²) in [6.07, 6.45) is 1.83. The van der Waals surface area contributed by atoms with Crippen molar-refractivity contribution in [3.05, 3.63) is 78.4 Å². The quantitative estimate of drug-likeness (QED) is 0.136. The number of hydrogen-bond acceptors (Lipinski definition) is 5. The van der Waals surface area contributed by atoms with Crippen LogP contribution >= 0.6 is 0 Å². The second-order valence-electron chi connectivity index (χ2n) is 9.86. The van der Waals surface area contributed by atoms with E-state index in [2.05, 4.69) is 20.9 Å². The molecule has 0 spiro atoms. The van der Waals surface area contributed by atoms with Crippen molar-refractivity contribution in [2.45, 2.75) is 37.8 Å². The Balaban J connectivity index is 1.40. The maximum Gasteiger partial charge on any atom is 0.251 e. The fraction of sp³-hybridized carbons (Fsp3) is 0.300. The van der Waals surface area contributed by atoms with Crippen LogP contribution in [-0.4, -0.2) is 66.2 Å². The van der Waals surface area contributed by atoms with E-state index in [0.29, 0.717) is 43.6 Å². The van der Waals surface area contributed by atoms with Crippen molar-refractivity contribution in [1.82, 2.24) is 15.5 Å². The Morgan fingerprint density at radius 2 is 1.68 bits per heavy atom. The zero-order valence-electron chi connectivity index (χ0n) is 22.7. The van der Waals surface area contributed by atoms with Crippen LogP contribution < -0.4 is 27.4 Å². The SMILES string of the molecule is NC(N)=NCCC[C@H](NC(=O)[C@@H]1CCCN1C(=O)CNC(=O)c1ccccc1)C(=O)Nc1ccc2ccccc2c1. The average molecular weight is 558 g/mol. The Morgan fingerprint density at radius 1 is 0.951 bits per heavy atom. The number of nitrogens with zero attached hydrogens (tertiary/aromatic N) is 2. The fourth-order valence-electron chi connectivity index (χ4n) is 4.82. The van der Waals surface area contributed by atoms with E-state index in [-0.39, 0.29) is 36.6 Å². The van der Waals surface area contributed by atoms with E-state index in [1.54, 1.807) is 36.4 Å². The first-order valence-corrected chi connectivity index (χ1v) is 13.6. The van der Waals surface area contributed by atoms with Gasteiger partial charge in [0.15, 0.2) is 5.96 Å². The maximum absolute atomic E-state index is 13.4. The number of hydrogen-bond donors (Lipinski definition) is 5. The van der Waals surface area contributed by atoms with Crippen molar-refractivity contribution < 1.29 is 19.2 Å². The largest absolute Gasteiger partial charge is 0.370 e. The number of fused-ring (bicyclic) bond motifs is 1. The predicted octanol–water partition coefficient (Wildman–Crippen LogP) is 1.74. The molecule has 11 nitrogen and oxygen atoms in total. The van der Waals surface area contributed by atoms with Gasteiger partial charge in [-0.05, 0) is 60.7 Å². The molecular weight excluding hydrogens is 522 g/mol. The maximum atomic E-state index is 13.4. The fourth-order valence-corrected chi connectivity index (χ4v) is 4.82. The third-order valence-electron chi connectivity index (χ3n) is 6.91. The highest BCUT2D eigenvalue weighted by Gasteiger charge is 2.35. The number of rotatable bonds is 11. The van der Waals surface area contributed by atoms with Gasteiger partial charge in [0.1, 0.15) is 12.1 Å². The van der Waals surface area contributed by atoms with Crippen molar-refractivity contribution in [2.24, 2.45) is 16.5 Å². The van der Waals surface area contributed by atoms with Crippen LogP contribution in [0.25, 0.3) is 10.8 Å². The summed E-state index contributed by atoms with van der Waals surface area (Å²) in [6.45, 7) is 0.450. The molecule has 1 saturated heterocycles. The number of likely N-dealkylation sites (tertiary alicyclic amines) is 1. The third-order valence-corrected chi connectivity index (χ3v) is 6.91. The zero-order valence-corrected chi connectivity index (χ0v) is 22.7. The molecule has 4 rings (SSSR count). The average Bonchev–Trinajstić information content (AvgIpc) is 3.48. The number of nitrogens with one attached hydrogen (secondary N) is 3. The van der Waals surface area contributed by atoms with Gasteiger partial charge in [-0.3, -0.25) is 24.2 Å². The first kappa shape index (κ1) is 29.1. The summed E-state index contributed by atoms with van der Waals surface area (Å²) in [5.74, 6) is -1.59. The topological polar surface area (TPSA) is 172 Å². The summed E-state index contributed by atoms with van der Waals surface area (Å²) in [7, 11) is 0. The van der Waals surface area contributed by atoms with Gasteiger partial charge >= 0.3 is 0 Å². The number of nitrogens with two attached hydrogens (primary N) is 2. The molecule has 1 aliphatic heterocycles. The summed E-state index contributed by atoms with van der Waals surface area (Å²) < 4.78 is 0. The highest BCUT2D eigenvalue weighted by molar-refractivity contribution is 6.00. The lowest BCUT2D eigenvalue weighted by atomic mass is 10.1. The van der Waals surface area contributed by atoms with E-state index in [0.717, 1.165) is 10.8 Å². The van der Waals surface area contributed by atoms with Crippen LogP contribution in [0.2, 0.25) is 0 Å². The van der Waals surface area contributed by atoms with Crippen LogP contribution in [0, 0.1) is 0 Å². The molecule has 0 unspecified atom stereocenters. The number of aliphatic imine (C=N–C) groups is 1. The van der Waals surface area contributed by atoms with E-state index >= 15 is 0 Å². The van der Waals surface area contributed by atoms with Crippen LogP contribution in [0.4, 0.5) is 5.69 Å². The number of benzene rings is 3. The highest BCUT2D eigenvalue weighted by atomic mass is 16.2. The van der Waals surface area contributed by atoms with E-state index in [1.807, 2.05) is 36.4 Å². The molecule has 0 aromatic heterocycles. The van der Waals surface area contributed by atoms with Gasteiger partial charge in [0, 0.05) is 24.3 Å². The van der Waals surface area contributed by atoms with Crippen LogP contribution in [0.3, 0.4) is 0 Å². The van der Waals surface area contributed by atoms with Gasteiger partial charge in [0.2, 0.25) is 17.7 Å². The van der Waals surface area contributed by atoms with Crippen molar-refractivity contribution in [2.75, 3.05) is 25.0 Å². The number of amides is 4. The van der Waals surface area contributed by atoms with E-state index in [1.165, 1.54) is 4.90 Å². The molecule has 1 aliphatic rings. The van der Waals surface area contributed by atoms with Crippen LogP contribution in [0.15, 0.2) is 77.8 Å². The smallest absolute Gasteiger partial charge is 0.251 e. The molecule has 214 valence electrons. The predicted molar refractivity (Wildman–Crippen MR) is 158 cm³/mol. The molecule has 7 N–H and O–H groups in total. The normalized spacial score (nSPS) is 15.1. The third kappa shape index (κ3) is 8.04. The van der Waals surface area contributed by atoms with Gasteiger partial charge in [-0.1, -0.05) is 48.5 Å². The Hall–Kier alpha value is -4.93. The van der Waals surface area contributed by atoms with Gasteiger partial charge in [0.05, 0.1) is 6.54 Å². The van der Waals surface area contributed by atoms with Crippen LogP contribution in [-0.2, 0) is 14.4 Å². The van der Waals surface area contributed by atoms with Crippen molar-refractivity contribution in [3.63, 3.8) is 0 Å². The van der Waals surface area contributed by atoms with E-state index < -0.39 is 18.0 Å². The standard InChI is InChI=1S/C30H35N7O4/c31-30(32)33-16-6-12-24(28(40)35-23-15-14-20-8-4-5-11-22(20)18-23)36-29(41)25-13-7-17-37(25)26(38)19-34-27(39)21-9-2-1-3-10-21/h1-5,8-11,14-15,18,24-25H,6-7,12-13,16-17,19H2,(H,34,39)(H,35,40)(H,36,41)(H4,31,32,33)/t24-,25-/m0/s1. The number of anilines is 1. The molecule has 4 amide bonds. The monoisotopic (exact) mass is 557 g/mol. The van der Waals surface area contributed by atoms with Gasteiger partial charge in [0.25, 0.3) is 5.91 Å². The van der Waals surface area contributed by atoms with Crippen molar-refractivity contribution >= 4 is 46.0 Å². The number of guanidine groups is 1. The molecule has 41 heavy (non-hydrogen) atoms. The van der Waals surface area contributed by atoms with Crippen LogP contribution in [0.1, 0.15) is 36.0 Å². The molecule has 3 aromatic carbocycles. The first-order valence-electron chi connectivity index (χ1n) is 13.6. The van der Waals surface area contributed by atoms with E-state index in [9.17, 15) is 19.2 Å². The first-order chi connectivity index (χ1) is 19.8. The minimum Gasteiger partial charge on any atom is -0.370 e. The second kappa shape index (κ2) is 13.9. The Morgan fingerprint density at radius 3 is 2.44 bits per heavy atom. The summed E-state index contributed by atoms with van der Waals surface area (Å²) in [5.41, 5.74) is 11.9. The van der Waals surface area contributed by atoms with Gasteiger partial charge in [-0.25, -0.2) is 0 Å². The lowest BCUT2D eigenvalue weighted by Gasteiger charge is -2.26. The summed E-state index contributed by atoms with van der Waals surface area (Å²) >= 11 is 0. The Labute approximate surface area is 238 Å². The lowest BCUT2D eigenvalue weighted by Crippen LogP contribution is -2.53. The van der Waals surface area contributed by atoms with Crippen molar-refractivity contribution in [3.8, 4) is 0 Å².